The fraction of sp³-hybridized carbons (Fsp3) is 0.368. The second-order valence-electron chi connectivity index (χ2n) is 5.90. The summed E-state index contributed by atoms with van der Waals surface area (Å²) >= 11 is 0. The molecule has 0 aromatic carbocycles. The summed E-state index contributed by atoms with van der Waals surface area (Å²) in [7, 11) is 2.00. The van der Waals surface area contributed by atoms with Crippen LogP contribution >= 0.6 is 0 Å². The highest BCUT2D eigenvalue weighted by Gasteiger charge is 2.29. The van der Waals surface area contributed by atoms with Crippen LogP contribution in [-0.4, -0.2) is 22.9 Å². The number of ketones is 1. The fourth-order valence-corrected chi connectivity index (χ4v) is 3.24. The van der Waals surface area contributed by atoms with Crippen LogP contribution in [-0.2, 0) is 34.2 Å². The van der Waals surface area contributed by atoms with Gasteiger partial charge < -0.3 is 13.7 Å². The Hall–Kier alpha value is -2.56. The first kappa shape index (κ1) is 16.3. The van der Waals surface area contributed by atoms with Gasteiger partial charge >= 0.3 is 5.97 Å². The molecule has 0 spiro atoms. The monoisotopic (exact) mass is 327 g/mol. The lowest BCUT2D eigenvalue weighted by atomic mass is 9.95. The van der Waals surface area contributed by atoms with E-state index >= 15 is 0 Å². The number of carbonyl (C=O) groups is 2. The van der Waals surface area contributed by atoms with Crippen LogP contribution in [0.1, 0.15) is 42.0 Å². The molecule has 0 saturated heterocycles. The van der Waals surface area contributed by atoms with E-state index in [0.717, 1.165) is 18.5 Å². The van der Waals surface area contributed by atoms with E-state index in [1.807, 2.05) is 13.1 Å². The van der Waals surface area contributed by atoms with Crippen molar-refractivity contribution in [2.45, 2.75) is 32.1 Å². The summed E-state index contributed by atoms with van der Waals surface area (Å²) in [5, 5.41) is 0. The number of furan rings is 1. The van der Waals surface area contributed by atoms with E-state index < -0.39 is 11.8 Å². The minimum Gasteiger partial charge on any atom is -0.469 e. The zero-order valence-electron chi connectivity index (χ0n) is 14.0. The normalized spacial score (nSPS) is 14.2. The summed E-state index contributed by atoms with van der Waals surface area (Å²) in [5.41, 5.74) is 3.49. The summed E-state index contributed by atoms with van der Waals surface area (Å²) in [5.74, 6) is -0.934. The Labute approximate surface area is 140 Å². The SMILES string of the molecule is CCOC(=O)C(=O)C[C@H](c1ccco1)c1cc2c(n1C)CC=CC2. The maximum Gasteiger partial charge on any atom is 0.374 e. The summed E-state index contributed by atoms with van der Waals surface area (Å²) < 4.78 is 12.5. The molecule has 5 heteroatoms. The number of fused-ring (bicyclic) bond motifs is 1. The highest BCUT2D eigenvalue weighted by molar-refractivity contribution is 6.33. The molecule has 5 nitrogen and oxygen atoms in total. The number of ether oxygens (including phenoxy) is 1. The zero-order chi connectivity index (χ0) is 17.1. The third-order valence-corrected chi connectivity index (χ3v) is 4.44. The van der Waals surface area contributed by atoms with Crippen LogP contribution in [0.5, 0.6) is 0 Å². The Balaban J connectivity index is 1.93. The van der Waals surface area contributed by atoms with Crippen molar-refractivity contribution in [2.75, 3.05) is 6.61 Å². The van der Waals surface area contributed by atoms with Gasteiger partial charge in [0.15, 0.2) is 0 Å². The second kappa shape index (κ2) is 6.91. The molecule has 1 atom stereocenters. The van der Waals surface area contributed by atoms with Gasteiger partial charge in [-0.25, -0.2) is 4.79 Å². The van der Waals surface area contributed by atoms with E-state index in [1.165, 1.54) is 11.3 Å². The first-order valence-electron chi connectivity index (χ1n) is 8.17. The number of hydrogen-bond donors (Lipinski definition) is 0. The van der Waals surface area contributed by atoms with Gasteiger partial charge in [0.25, 0.3) is 0 Å². The Morgan fingerprint density at radius 2 is 2.12 bits per heavy atom. The molecule has 2 aromatic rings. The number of esters is 1. The van der Waals surface area contributed by atoms with Gasteiger partial charge in [-0.15, -0.1) is 0 Å². The van der Waals surface area contributed by atoms with Gasteiger partial charge in [-0.3, -0.25) is 4.79 Å². The largest absolute Gasteiger partial charge is 0.469 e. The van der Waals surface area contributed by atoms with E-state index in [-0.39, 0.29) is 18.9 Å². The van der Waals surface area contributed by atoms with Crippen molar-refractivity contribution in [1.29, 1.82) is 0 Å². The highest BCUT2D eigenvalue weighted by Crippen LogP contribution is 2.33. The number of Topliss-reactive ketones (excluding diaryl/α,β-unsaturated/α-hetero) is 1. The van der Waals surface area contributed by atoms with E-state index in [2.05, 4.69) is 22.8 Å². The Bertz CT molecular complexity index is 768. The van der Waals surface area contributed by atoms with Crippen LogP contribution < -0.4 is 0 Å². The maximum absolute atomic E-state index is 12.2. The highest BCUT2D eigenvalue weighted by atomic mass is 16.5. The number of carbonyl (C=O) groups excluding carboxylic acids is 2. The molecule has 0 fully saturated rings. The van der Waals surface area contributed by atoms with Crippen LogP contribution in [0, 0.1) is 0 Å². The van der Waals surface area contributed by atoms with Crippen molar-refractivity contribution < 1.29 is 18.7 Å². The van der Waals surface area contributed by atoms with Gasteiger partial charge in [-0.2, -0.15) is 0 Å². The molecule has 1 aliphatic rings. The fourth-order valence-electron chi connectivity index (χ4n) is 3.24. The van der Waals surface area contributed by atoms with Crippen molar-refractivity contribution in [3.05, 3.63) is 59.3 Å². The lowest BCUT2D eigenvalue weighted by Crippen LogP contribution is -2.21. The third kappa shape index (κ3) is 3.07. The Morgan fingerprint density at radius 1 is 1.33 bits per heavy atom. The molecule has 0 unspecified atom stereocenters. The molecule has 2 heterocycles. The van der Waals surface area contributed by atoms with Crippen molar-refractivity contribution in [3.8, 4) is 0 Å². The van der Waals surface area contributed by atoms with E-state index in [4.69, 9.17) is 9.15 Å². The zero-order valence-corrected chi connectivity index (χ0v) is 14.0. The van der Waals surface area contributed by atoms with Crippen LogP contribution in [0.15, 0.2) is 41.0 Å². The van der Waals surface area contributed by atoms with Gasteiger partial charge in [0.2, 0.25) is 5.78 Å². The summed E-state index contributed by atoms with van der Waals surface area (Å²) in [4.78, 5) is 24.0. The Morgan fingerprint density at radius 3 is 2.79 bits per heavy atom. The summed E-state index contributed by atoms with van der Waals surface area (Å²) in [6.07, 6.45) is 7.69. The average molecular weight is 327 g/mol. The van der Waals surface area contributed by atoms with E-state index in [0.29, 0.717) is 5.76 Å². The predicted octanol–water partition coefficient (Wildman–Crippen LogP) is 2.93. The molecule has 0 saturated carbocycles. The summed E-state index contributed by atoms with van der Waals surface area (Å²) in [6, 6.07) is 5.75. The minimum atomic E-state index is -0.783. The van der Waals surface area contributed by atoms with E-state index in [1.54, 1.807) is 19.3 Å². The van der Waals surface area contributed by atoms with Gasteiger partial charge in [0.1, 0.15) is 5.76 Å². The molecule has 0 aliphatic heterocycles. The van der Waals surface area contributed by atoms with Crippen LogP contribution in [0.3, 0.4) is 0 Å². The number of allylic oxidation sites excluding steroid dienone is 2. The van der Waals surface area contributed by atoms with Gasteiger partial charge in [-0.1, -0.05) is 12.2 Å². The van der Waals surface area contributed by atoms with Gasteiger partial charge in [0.05, 0.1) is 18.8 Å². The molecule has 3 rings (SSSR count). The van der Waals surface area contributed by atoms with E-state index in [9.17, 15) is 9.59 Å². The van der Waals surface area contributed by atoms with Gasteiger partial charge in [0, 0.05) is 31.3 Å². The number of rotatable bonds is 6. The smallest absolute Gasteiger partial charge is 0.374 e. The standard InChI is InChI=1S/C19H21NO4/c1-3-23-19(22)17(21)12-14(18-9-6-10-24-18)16-11-13-7-4-5-8-15(13)20(16)2/h4-6,9-11,14H,3,7-8,12H2,1-2H3/t14-/m0/s1. The second-order valence-corrected chi connectivity index (χ2v) is 5.90. The molecule has 1 aliphatic carbocycles. The average Bonchev–Trinajstić information content (AvgIpc) is 3.22. The number of aromatic nitrogens is 1. The van der Waals surface area contributed by atoms with Crippen LogP contribution in [0.2, 0.25) is 0 Å². The number of hydrogen-bond acceptors (Lipinski definition) is 4. The molecule has 0 N–H and O–H groups in total. The molecule has 0 radical (unpaired) electrons. The topological polar surface area (TPSA) is 61.4 Å². The molecule has 2 aromatic heterocycles. The molecule has 126 valence electrons. The number of nitrogens with zero attached hydrogens (tertiary/aromatic N) is 1. The lowest BCUT2D eigenvalue weighted by molar-refractivity contribution is -0.153. The lowest BCUT2D eigenvalue weighted by Gasteiger charge is -2.16. The van der Waals surface area contributed by atoms with Crippen LogP contribution in [0.4, 0.5) is 0 Å². The molecule has 24 heavy (non-hydrogen) atoms. The quantitative estimate of drug-likeness (QED) is 0.465. The third-order valence-electron chi connectivity index (χ3n) is 4.44. The minimum absolute atomic E-state index is 0.0382. The first-order chi connectivity index (χ1) is 11.6. The summed E-state index contributed by atoms with van der Waals surface area (Å²) in [6.45, 7) is 1.88. The molecule has 0 amide bonds. The Kier molecular flexibility index (Phi) is 4.69. The van der Waals surface area contributed by atoms with Crippen molar-refractivity contribution in [3.63, 3.8) is 0 Å². The predicted molar refractivity (Wildman–Crippen MR) is 88.8 cm³/mol. The molecular weight excluding hydrogens is 306 g/mol. The van der Waals surface area contributed by atoms with Crippen LogP contribution in [0.25, 0.3) is 0 Å². The molecular formula is C19H21NO4. The first-order valence-corrected chi connectivity index (χ1v) is 8.17. The maximum atomic E-state index is 12.2. The van der Waals surface area contributed by atoms with Crippen molar-refractivity contribution in [1.82, 2.24) is 4.57 Å². The van der Waals surface area contributed by atoms with Crippen molar-refractivity contribution >= 4 is 11.8 Å². The molecule has 0 bridgehead atoms. The van der Waals surface area contributed by atoms with Gasteiger partial charge in [-0.05, 0) is 37.1 Å². The van der Waals surface area contributed by atoms with Crippen molar-refractivity contribution in [2.24, 2.45) is 7.05 Å².